The Morgan fingerprint density at radius 2 is 1.28 bits per heavy atom. The number of benzene rings is 3. The number of pyridine rings is 1. The number of nitrogens with zero attached hydrogens (tertiary/aromatic N) is 4. The fourth-order valence-corrected chi connectivity index (χ4v) is 5.96. The molecule has 0 fully saturated rings. The van der Waals surface area contributed by atoms with E-state index in [1.54, 1.807) is 24.5 Å². The number of rotatable bonds is 15. The van der Waals surface area contributed by atoms with Gasteiger partial charge < -0.3 is 23.5 Å². The van der Waals surface area contributed by atoms with E-state index in [1.807, 2.05) is 91.0 Å². The molecule has 2 aromatic heterocycles. The third-order valence-electron chi connectivity index (χ3n) is 6.66. The lowest BCUT2D eigenvalue weighted by molar-refractivity contribution is -0.0384. The van der Waals surface area contributed by atoms with Crippen LogP contribution in [0.3, 0.4) is 0 Å². The minimum absolute atomic E-state index is 0.00191. The van der Waals surface area contributed by atoms with Gasteiger partial charge in [0, 0.05) is 12.3 Å². The zero-order valence-corrected chi connectivity index (χ0v) is 24.4. The number of hydrogen-bond donors (Lipinski definition) is 1. The molecule has 11 heteroatoms. The van der Waals surface area contributed by atoms with E-state index in [9.17, 15) is 14.5 Å². The van der Waals surface area contributed by atoms with Crippen molar-refractivity contribution < 1.29 is 23.5 Å². The van der Waals surface area contributed by atoms with Crippen LogP contribution in [0.15, 0.2) is 126 Å². The van der Waals surface area contributed by atoms with Gasteiger partial charge in [0.05, 0.1) is 39.1 Å². The zero-order valence-electron chi connectivity index (χ0n) is 23.5. The molecular weight excluding hydrogens is 567 g/mol. The normalized spacial score (nSPS) is 13.0. The number of hydrogen-bond acceptors (Lipinski definition) is 8. The maximum absolute atomic E-state index is 14.3. The first kappa shape index (κ1) is 30.3. The van der Waals surface area contributed by atoms with Crippen LogP contribution in [0.2, 0.25) is 0 Å². The van der Waals surface area contributed by atoms with Crippen molar-refractivity contribution >= 4 is 7.60 Å². The van der Waals surface area contributed by atoms with Crippen LogP contribution in [-0.2, 0) is 51.3 Å². The van der Waals surface area contributed by atoms with Crippen LogP contribution in [0.1, 0.15) is 22.4 Å². The number of aliphatic hydroxyl groups is 1. The Morgan fingerprint density at radius 3 is 1.84 bits per heavy atom. The highest BCUT2D eigenvalue weighted by molar-refractivity contribution is 7.54. The van der Waals surface area contributed by atoms with E-state index in [1.165, 1.54) is 15.3 Å². The quantitative estimate of drug-likeness (QED) is 0.167. The molecule has 0 amide bonds. The van der Waals surface area contributed by atoms with Gasteiger partial charge in [0.25, 0.3) is 5.56 Å². The van der Waals surface area contributed by atoms with Crippen molar-refractivity contribution in [2.45, 2.75) is 44.9 Å². The summed E-state index contributed by atoms with van der Waals surface area (Å²) in [6.45, 7) is 0.291. The van der Waals surface area contributed by atoms with Crippen molar-refractivity contribution in [1.82, 2.24) is 19.6 Å². The molecule has 0 aliphatic heterocycles. The van der Waals surface area contributed by atoms with E-state index in [-0.39, 0.29) is 38.5 Å². The maximum Gasteiger partial charge on any atom is 0.362 e. The van der Waals surface area contributed by atoms with Crippen molar-refractivity contribution in [3.05, 3.63) is 154 Å². The van der Waals surface area contributed by atoms with E-state index < -0.39 is 19.5 Å². The van der Waals surface area contributed by atoms with Crippen LogP contribution in [-0.4, -0.2) is 36.6 Å². The molecule has 3 aromatic carbocycles. The molecule has 0 unspecified atom stereocenters. The van der Waals surface area contributed by atoms with Gasteiger partial charge in [0.1, 0.15) is 11.8 Å². The van der Waals surface area contributed by atoms with Crippen LogP contribution in [0.5, 0.6) is 0 Å². The number of ether oxygens (including phenoxy) is 1. The third-order valence-corrected chi connectivity index (χ3v) is 8.61. The van der Waals surface area contributed by atoms with E-state index in [2.05, 4.69) is 10.3 Å². The van der Waals surface area contributed by atoms with Crippen molar-refractivity contribution in [3.63, 3.8) is 0 Å². The van der Waals surface area contributed by atoms with Gasteiger partial charge in [-0.15, -0.1) is 5.10 Å². The topological polar surface area (TPSA) is 118 Å². The van der Waals surface area contributed by atoms with Gasteiger partial charge in [-0.2, -0.15) is 0 Å². The fourth-order valence-electron chi connectivity index (χ4n) is 4.33. The zero-order chi connectivity index (χ0) is 29.9. The molecule has 0 radical (unpaired) electrons. The average molecular weight is 601 g/mol. The predicted octanol–water partition coefficient (Wildman–Crippen LogP) is 5.02. The lowest BCUT2D eigenvalue weighted by Crippen LogP contribution is -2.34. The molecule has 0 saturated heterocycles. The van der Waals surface area contributed by atoms with Crippen molar-refractivity contribution in [1.29, 1.82) is 0 Å². The first-order chi connectivity index (χ1) is 21.0. The molecule has 2 atom stereocenters. The second-order valence-corrected chi connectivity index (χ2v) is 12.0. The van der Waals surface area contributed by atoms with Gasteiger partial charge in [-0.25, -0.2) is 4.68 Å². The Balaban J connectivity index is 1.38. The molecule has 0 bridgehead atoms. The minimum atomic E-state index is -4.19. The van der Waals surface area contributed by atoms with Gasteiger partial charge >= 0.3 is 7.60 Å². The summed E-state index contributed by atoms with van der Waals surface area (Å²) in [5.41, 5.74) is 2.79. The predicted molar refractivity (Wildman–Crippen MR) is 161 cm³/mol. The second-order valence-electron chi connectivity index (χ2n) is 9.91. The Morgan fingerprint density at radius 1 is 0.744 bits per heavy atom. The van der Waals surface area contributed by atoms with Gasteiger partial charge in [0.15, 0.2) is 5.85 Å². The van der Waals surface area contributed by atoms with Crippen LogP contribution in [0, 0.1) is 0 Å². The van der Waals surface area contributed by atoms with Crippen molar-refractivity contribution in [3.8, 4) is 0 Å². The molecule has 0 aliphatic carbocycles. The minimum Gasteiger partial charge on any atom is -0.378 e. The van der Waals surface area contributed by atoms with E-state index in [0.29, 0.717) is 5.69 Å². The average Bonchev–Trinajstić information content (AvgIpc) is 3.50. The molecule has 222 valence electrons. The van der Waals surface area contributed by atoms with Crippen LogP contribution < -0.4 is 5.56 Å². The standard InChI is InChI=1S/C32H33N4O6P/c37-31-18-10-11-19-35(31)20-29-21-36(34-33-29)22-30(40-23-26-12-4-1-5-13-26)32(38)43(39,41-24-27-14-6-2-7-15-27)42-25-28-16-8-3-9-17-28/h1-19,21,30,32,38H,20,22-25H2/t30-,32-/m0/s1. The highest BCUT2D eigenvalue weighted by Gasteiger charge is 2.42. The first-order valence-electron chi connectivity index (χ1n) is 13.8. The monoisotopic (exact) mass is 600 g/mol. The lowest BCUT2D eigenvalue weighted by Gasteiger charge is -2.29. The smallest absolute Gasteiger partial charge is 0.362 e. The van der Waals surface area contributed by atoms with Gasteiger partial charge in [-0.3, -0.25) is 9.36 Å². The summed E-state index contributed by atoms with van der Waals surface area (Å²) < 4.78 is 35.3. The SMILES string of the molecule is O=c1ccccn1Cc1cn(C[C@H](OCc2ccccc2)[C@@H](O)P(=O)(OCc2ccccc2)OCc2ccccc2)nn1. The molecule has 43 heavy (non-hydrogen) atoms. The van der Waals surface area contributed by atoms with Crippen LogP contribution in [0.25, 0.3) is 0 Å². The highest BCUT2D eigenvalue weighted by atomic mass is 31.2. The summed E-state index contributed by atoms with van der Waals surface area (Å²) in [7, 11) is -4.19. The summed E-state index contributed by atoms with van der Waals surface area (Å²) in [5, 5.41) is 20.0. The van der Waals surface area contributed by atoms with E-state index >= 15 is 0 Å². The van der Waals surface area contributed by atoms with Crippen LogP contribution in [0.4, 0.5) is 0 Å². The summed E-state index contributed by atoms with van der Waals surface area (Å²) in [4.78, 5) is 12.2. The fraction of sp³-hybridized carbons (Fsp3) is 0.219. The number of aromatic nitrogens is 4. The molecular formula is C32H33N4O6P. The van der Waals surface area contributed by atoms with E-state index in [0.717, 1.165) is 16.7 Å². The molecule has 2 heterocycles. The van der Waals surface area contributed by atoms with E-state index in [4.69, 9.17) is 13.8 Å². The first-order valence-corrected chi connectivity index (χ1v) is 15.4. The Labute approximate surface area is 249 Å². The van der Waals surface area contributed by atoms with Gasteiger partial charge in [0.2, 0.25) is 0 Å². The molecule has 5 rings (SSSR count). The highest BCUT2D eigenvalue weighted by Crippen LogP contribution is 2.55. The Kier molecular flexibility index (Phi) is 10.4. The molecule has 0 aliphatic rings. The summed E-state index contributed by atoms with van der Waals surface area (Å²) in [6, 6.07) is 32.9. The Hall–Kier alpha value is -4.18. The van der Waals surface area contributed by atoms with Gasteiger partial charge in [-0.1, -0.05) is 102 Å². The maximum atomic E-state index is 14.3. The third kappa shape index (κ3) is 8.67. The largest absolute Gasteiger partial charge is 0.378 e. The van der Waals surface area contributed by atoms with Crippen molar-refractivity contribution in [2.24, 2.45) is 0 Å². The van der Waals surface area contributed by atoms with Gasteiger partial charge in [-0.05, 0) is 22.8 Å². The van der Waals surface area contributed by atoms with Crippen molar-refractivity contribution in [2.75, 3.05) is 0 Å². The molecule has 0 spiro atoms. The second kappa shape index (κ2) is 14.8. The molecule has 5 aromatic rings. The van der Waals surface area contributed by atoms with Crippen LogP contribution >= 0.6 is 7.60 Å². The summed E-state index contributed by atoms with van der Waals surface area (Å²) >= 11 is 0. The molecule has 1 N–H and O–H groups in total. The summed E-state index contributed by atoms with van der Waals surface area (Å²) in [6.07, 6.45) is 2.28. The number of aliphatic hydroxyl groups excluding tert-OH is 1. The molecule has 0 saturated carbocycles. The Bertz CT molecular complexity index is 1620. The summed E-state index contributed by atoms with van der Waals surface area (Å²) in [5.74, 6) is -1.66. The lowest BCUT2D eigenvalue weighted by atomic mass is 10.2. The molecule has 10 nitrogen and oxygen atoms in total.